The van der Waals surface area contributed by atoms with E-state index >= 15 is 0 Å². The Morgan fingerprint density at radius 2 is 1.43 bits per heavy atom. The zero-order chi connectivity index (χ0) is 26.8. The van der Waals surface area contributed by atoms with Crippen LogP contribution in [0.2, 0.25) is 0 Å². The number of ether oxygens (including phenoxy) is 4. The van der Waals surface area contributed by atoms with Gasteiger partial charge in [-0.3, -0.25) is 4.79 Å². The van der Waals surface area contributed by atoms with E-state index in [9.17, 15) is 13.2 Å². The van der Waals surface area contributed by atoms with Gasteiger partial charge in [-0.1, -0.05) is 30.3 Å². The fourth-order valence-electron chi connectivity index (χ4n) is 3.45. The predicted octanol–water partition coefficient (Wildman–Crippen LogP) is 3.06. The molecular weight excluding hydrogens is 498 g/mol. The number of carbonyl (C=O) groups excluding carboxylic acids is 1. The monoisotopic (exact) mass is 527 g/mol. The first kappa shape index (κ1) is 27.5. The first-order valence-corrected chi connectivity index (χ1v) is 12.6. The summed E-state index contributed by atoms with van der Waals surface area (Å²) >= 11 is 0. The lowest BCUT2D eigenvalue weighted by Crippen LogP contribution is -2.39. The van der Waals surface area contributed by atoms with Crippen LogP contribution in [0, 0.1) is 0 Å². The summed E-state index contributed by atoms with van der Waals surface area (Å²) in [5, 5.41) is 3.96. The topological polar surface area (TPSA) is 116 Å². The van der Waals surface area contributed by atoms with Crippen LogP contribution in [-0.4, -0.2) is 59.8 Å². The van der Waals surface area contributed by atoms with Crippen molar-refractivity contribution >= 4 is 22.1 Å². The lowest BCUT2D eigenvalue weighted by atomic mass is 10.2. The second-order valence-corrected chi connectivity index (χ2v) is 9.62. The molecule has 1 amide bonds. The SMILES string of the molecule is COc1ccc(C=NNC(=O)CN(Cc2ccccc2)S(=O)(=O)c2ccc(OC)c(OC)c2)cc1OC. The maximum Gasteiger partial charge on any atom is 0.255 e. The summed E-state index contributed by atoms with van der Waals surface area (Å²) in [6, 6.07) is 18.4. The molecule has 1 N–H and O–H groups in total. The second-order valence-electron chi connectivity index (χ2n) is 7.68. The number of hydrogen-bond acceptors (Lipinski definition) is 8. The average molecular weight is 528 g/mol. The molecule has 0 aliphatic heterocycles. The minimum atomic E-state index is -4.09. The van der Waals surface area contributed by atoms with Gasteiger partial charge >= 0.3 is 0 Å². The standard InChI is InChI=1S/C26H29N3O7S/c1-33-22-12-10-20(14-24(22)35-3)16-27-28-26(30)18-29(17-19-8-6-5-7-9-19)37(31,32)21-11-13-23(34-2)25(15-21)36-4/h5-16H,17-18H2,1-4H3,(H,28,30). The van der Waals surface area contributed by atoms with E-state index in [4.69, 9.17) is 18.9 Å². The number of carbonyl (C=O) groups is 1. The van der Waals surface area contributed by atoms with Gasteiger partial charge in [0.15, 0.2) is 23.0 Å². The van der Waals surface area contributed by atoms with Gasteiger partial charge in [-0.25, -0.2) is 13.8 Å². The molecule has 0 spiro atoms. The van der Waals surface area contributed by atoms with E-state index in [1.165, 1.54) is 52.9 Å². The van der Waals surface area contributed by atoms with Crippen molar-refractivity contribution in [3.05, 3.63) is 77.9 Å². The van der Waals surface area contributed by atoms with Gasteiger partial charge in [0.25, 0.3) is 5.91 Å². The number of amides is 1. The van der Waals surface area contributed by atoms with Gasteiger partial charge < -0.3 is 18.9 Å². The van der Waals surface area contributed by atoms with Crippen molar-refractivity contribution < 1.29 is 32.2 Å². The molecule has 0 unspecified atom stereocenters. The van der Waals surface area contributed by atoms with Gasteiger partial charge in [-0.2, -0.15) is 9.41 Å². The molecule has 196 valence electrons. The van der Waals surface area contributed by atoms with Crippen LogP contribution in [0.1, 0.15) is 11.1 Å². The molecule has 3 aromatic carbocycles. The minimum absolute atomic E-state index is 0.0235. The summed E-state index contributed by atoms with van der Waals surface area (Å²) < 4.78 is 49.1. The smallest absolute Gasteiger partial charge is 0.255 e. The normalized spacial score (nSPS) is 11.4. The van der Waals surface area contributed by atoms with Gasteiger partial charge in [-0.15, -0.1) is 0 Å². The van der Waals surface area contributed by atoms with Crippen LogP contribution in [0.4, 0.5) is 0 Å². The van der Waals surface area contributed by atoms with Crippen molar-refractivity contribution in [1.29, 1.82) is 0 Å². The summed E-state index contributed by atoms with van der Waals surface area (Å²) in [4.78, 5) is 12.7. The number of hydrazone groups is 1. The molecule has 0 aliphatic carbocycles. The number of methoxy groups -OCH3 is 4. The van der Waals surface area contributed by atoms with Gasteiger partial charge in [0.1, 0.15) is 0 Å². The minimum Gasteiger partial charge on any atom is -0.493 e. The van der Waals surface area contributed by atoms with Crippen LogP contribution >= 0.6 is 0 Å². The Labute approximate surface area is 216 Å². The van der Waals surface area contributed by atoms with Crippen LogP contribution in [0.25, 0.3) is 0 Å². The van der Waals surface area contributed by atoms with Crippen molar-refractivity contribution in [2.75, 3.05) is 35.0 Å². The third-order valence-electron chi connectivity index (χ3n) is 5.32. The summed E-state index contributed by atoms with van der Waals surface area (Å²) in [6.07, 6.45) is 1.42. The Hall–Kier alpha value is -4.09. The maximum absolute atomic E-state index is 13.6. The van der Waals surface area contributed by atoms with Gasteiger partial charge in [0.2, 0.25) is 10.0 Å². The van der Waals surface area contributed by atoms with Crippen molar-refractivity contribution in [2.24, 2.45) is 5.10 Å². The van der Waals surface area contributed by atoms with E-state index in [0.717, 1.165) is 4.31 Å². The largest absolute Gasteiger partial charge is 0.493 e. The Kier molecular flexibility index (Phi) is 9.47. The van der Waals surface area contributed by atoms with E-state index in [-0.39, 0.29) is 17.2 Å². The lowest BCUT2D eigenvalue weighted by Gasteiger charge is -2.22. The molecule has 0 aromatic heterocycles. The summed E-state index contributed by atoms with van der Waals surface area (Å²) in [6.45, 7) is -0.487. The van der Waals surface area contributed by atoms with Gasteiger partial charge in [0.05, 0.1) is 46.1 Å². The Morgan fingerprint density at radius 1 is 0.838 bits per heavy atom. The zero-order valence-corrected chi connectivity index (χ0v) is 21.8. The van der Waals surface area contributed by atoms with E-state index < -0.39 is 22.5 Å². The molecule has 0 heterocycles. The van der Waals surface area contributed by atoms with Crippen molar-refractivity contribution in [3.63, 3.8) is 0 Å². The predicted molar refractivity (Wildman–Crippen MR) is 139 cm³/mol. The molecule has 0 aliphatic rings. The number of hydrogen-bond donors (Lipinski definition) is 1. The zero-order valence-electron chi connectivity index (χ0n) is 21.0. The molecule has 0 fully saturated rings. The third-order valence-corrected chi connectivity index (χ3v) is 7.11. The molecule has 0 atom stereocenters. The highest BCUT2D eigenvalue weighted by Crippen LogP contribution is 2.31. The third kappa shape index (κ3) is 6.99. The average Bonchev–Trinajstić information content (AvgIpc) is 2.92. The van der Waals surface area contributed by atoms with E-state index in [1.54, 1.807) is 42.5 Å². The fraction of sp³-hybridized carbons (Fsp3) is 0.231. The van der Waals surface area contributed by atoms with E-state index in [0.29, 0.717) is 28.4 Å². The Balaban J connectivity index is 1.82. The highest BCUT2D eigenvalue weighted by atomic mass is 32.2. The van der Waals surface area contributed by atoms with Crippen LogP contribution in [0.5, 0.6) is 23.0 Å². The number of rotatable bonds is 12. The Morgan fingerprint density at radius 3 is 2.05 bits per heavy atom. The van der Waals surface area contributed by atoms with E-state index in [1.807, 2.05) is 6.07 Å². The molecule has 3 rings (SSSR count). The quantitative estimate of drug-likeness (QED) is 0.284. The maximum atomic E-state index is 13.6. The lowest BCUT2D eigenvalue weighted by molar-refractivity contribution is -0.121. The van der Waals surface area contributed by atoms with Gasteiger partial charge in [-0.05, 0) is 41.5 Å². The first-order valence-electron chi connectivity index (χ1n) is 11.1. The summed E-state index contributed by atoms with van der Waals surface area (Å²) in [5.41, 5.74) is 3.75. The van der Waals surface area contributed by atoms with Crippen LogP contribution in [0.3, 0.4) is 0 Å². The fourth-order valence-corrected chi connectivity index (χ4v) is 4.85. The van der Waals surface area contributed by atoms with Crippen LogP contribution in [0.15, 0.2) is 76.7 Å². The molecule has 0 radical (unpaired) electrons. The number of benzene rings is 3. The highest BCUT2D eigenvalue weighted by Gasteiger charge is 2.28. The van der Waals surface area contributed by atoms with E-state index in [2.05, 4.69) is 10.5 Å². The van der Waals surface area contributed by atoms with Crippen molar-refractivity contribution in [3.8, 4) is 23.0 Å². The summed E-state index contributed by atoms with van der Waals surface area (Å²) in [5.74, 6) is 1.09. The van der Waals surface area contributed by atoms with Crippen LogP contribution in [-0.2, 0) is 21.4 Å². The highest BCUT2D eigenvalue weighted by molar-refractivity contribution is 7.89. The number of nitrogens with one attached hydrogen (secondary N) is 1. The number of sulfonamides is 1. The molecule has 10 nitrogen and oxygen atoms in total. The molecule has 3 aromatic rings. The second kappa shape index (κ2) is 12.7. The Bertz CT molecular complexity index is 1350. The van der Waals surface area contributed by atoms with Gasteiger partial charge in [0, 0.05) is 12.6 Å². The van der Waals surface area contributed by atoms with Crippen molar-refractivity contribution in [2.45, 2.75) is 11.4 Å². The molecule has 0 saturated carbocycles. The molecule has 0 bridgehead atoms. The summed E-state index contributed by atoms with van der Waals surface area (Å²) in [7, 11) is 1.83. The van der Waals surface area contributed by atoms with Crippen molar-refractivity contribution in [1.82, 2.24) is 9.73 Å². The first-order chi connectivity index (χ1) is 17.8. The number of nitrogens with zero attached hydrogens (tertiary/aromatic N) is 2. The van der Waals surface area contributed by atoms with Crippen LogP contribution < -0.4 is 24.4 Å². The molecular formula is C26H29N3O7S. The molecule has 0 saturated heterocycles. The molecule has 37 heavy (non-hydrogen) atoms. The molecule has 11 heteroatoms.